The van der Waals surface area contributed by atoms with Gasteiger partial charge in [0.2, 0.25) is 5.88 Å². The minimum Gasteiger partial charge on any atom is -0.473 e. The van der Waals surface area contributed by atoms with Crippen molar-refractivity contribution in [2.45, 2.75) is 6.92 Å². The predicted molar refractivity (Wildman–Crippen MR) is 72.2 cm³/mol. The summed E-state index contributed by atoms with van der Waals surface area (Å²) < 4.78 is 5.52. The number of ether oxygens (including phenoxy) is 1. The average Bonchev–Trinajstić information content (AvgIpc) is 2.40. The van der Waals surface area contributed by atoms with E-state index in [0.29, 0.717) is 18.3 Å². The third-order valence-corrected chi connectivity index (χ3v) is 2.50. The quantitative estimate of drug-likeness (QED) is 0.893. The van der Waals surface area contributed by atoms with Crippen molar-refractivity contribution in [1.82, 2.24) is 9.97 Å². The van der Waals surface area contributed by atoms with Crippen LogP contribution in [0, 0.1) is 6.92 Å². The molecular weight excluding hydrogens is 226 g/mol. The van der Waals surface area contributed by atoms with Gasteiger partial charge in [-0.2, -0.15) is 0 Å². The van der Waals surface area contributed by atoms with Crippen LogP contribution < -0.4 is 10.5 Å². The van der Waals surface area contributed by atoms with Crippen LogP contribution >= 0.6 is 0 Å². The molecule has 0 radical (unpaired) electrons. The van der Waals surface area contributed by atoms with Gasteiger partial charge >= 0.3 is 0 Å². The molecule has 2 N–H and O–H groups in total. The number of nitrogens with zero attached hydrogens (tertiary/aromatic N) is 2. The minimum atomic E-state index is 0.451. The highest BCUT2D eigenvalue weighted by Gasteiger charge is 2.03. The van der Waals surface area contributed by atoms with E-state index in [9.17, 15) is 0 Å². The first-order valence-corrected chi connectivity index (χ1v) is 5.69. The SMILES string of the molecule is Cc1c(N)ncnc1OC/C=C/c1ccccc1. The zero-order chi connectivity index (χ0) is 12.8. The molecule has 0 aliphatic rings. The fourth-order valence-electron chi connectivity index (χ4n) is 1.47. The number of aromatic nitrogens is 2. The average molecular weight is 241 g/mol. The molecule has 92 valence electrons. The molecule has 0 spiro atoms. The molecule has 1 aromatic carbocycles. The van der Waals surface area contributed by atoms with Crippen molar-refractivity contribution in [2.75, 3.05) is 12.3 Å². The van der Waals surface area contributed by atoms with Crippen molar-refractivity contribution >= 4 is 11.9 Å². The maximum Gasteiger partial charge on any atom is 0.221 e. The molecule has 4 heteroatoms. The first kappa shape index (κ1) is 12.1. The van der Waals surface area contributed by atoms with E-state index in [1.165, 1.54) is 6.33 Å². The van der Waals surface area contributed by atoms with Crippen LogP contribution in [0.4, 0.5) is 5.82 Å². The summed E-state index contributed by atoms with van der Waals surface area (Å²) >= 11 is 0. The highest BCUT2D eigenvalue weighted by atomic mass is 16.5. The van der Waals surface area contributed by atoms with Crippen LogP contribution in [0.25, 0.3) is 6.08 Å². The Morgan fingerprint density at radius 2 is 2.00 bits per heavy atom. The zero-order valence-corrected chi connectivity index (χ0v) is 10.2. The third kappa shape index (κ3) is 3.07. The number of nitrogens with two attached hydrogens (primary N) is 1. The molecule has 1 heterocycles. The number of rotatable bonds is 4. The normalized spacial score (nSPS) is 10.7. The molecule has 0 saturated heterocycles. The van der Waals surface area contributed by atoms with E-state index in [2.05, 4.69) is 9.97 Å². The first-order chi connectivity index (χ1) is 8.77. The fourth-order valence-corrected chi connectivity index (χ4v) is 1.47. The van der Waals surface area contributed by atoms with E-state index >= 15 is 0 Å². The van der Waals surface area contributed by atoms with Crippen LogP contribution in [0.5, 0.6) is 5.88 Å². The highest BCUT2D eigenvalue weighted by Crippen LogP contribution is 2.17. The van der Waals surface area contributed by atoms with Crippen molar-refractivity contribution in [3.05, 3.63) is 53.9 Å². The summed E-state index contributed by atoms with van der Waals surface area (Å²) in [5, 5.41) is 0. The van der Waals surface area contributed by atoms with Gasteiger partial charge in [0.25, 0.3) is 0 Å². The molecule has 0 atom stereocenters. The Morgan fingerprint density at radius 1 is 1.22 bits per heavy atom. The molecule has 0 unspecified atom stereocenters. The lowest BCUT2D eigenvalue weighted by Crippen LogP contribution is -2.02. The molecule has 0 fully saturated rings. The van der Waals surface area contributed by atoms with E-state index < -0.39 is 0 Å². The van der Waals surface area contributed by atoms with Crippen molar-refractivity contribution in [2.24, 2.45) is 0 Å². The predicted octanol–water partition coefficient (Wildman–Crippen LogP) is 2.46. The van der Waals surface area contributed by atoms with Gasteiger partial charge in [-0.1, -0.05) is 36.4 Å². The van der Waals surface area contributed by atoms with E-state index in [1.807, 2.05) is 49.4 Å². The van der Waals surface area contributed by atoms with Gasteiger partial charge in [-0.15, -0.1) is 0 Å². The second-order valence-electron chi connectivity index (χ2n) is 3.81. The maximum atomic E-state index is 5.67. The van der Waals surface area contributed by atoms with Crippen molar-refractivity contribution < 1.29 is 4.74 Å². The largest absolute Gasteiger partial charge is 0.473 e. The smallest absolute Gasteiger partial charge is 0.221 e. The Kier molecular flexibility index (Phi) is 3.91. The first-order valence-electron chi connectivity index (χ1n) is 5.69. The standard InChI is InChI=1S/C14H15N3O/c1-11-13(15)16-10-17-14(11)18-9-5-8-12-6-3-2-4-7-12/h2-8,10H,9H2,1H3,(H2,15,16,17)/b8-5+. The van der Waals surface area contributed by atoms with E-state index in [4.69, 9.17) is 10.5 Å². The van der Waals surface area contributed by atoms with Gasteiger partial charge in [-0.25, -0.2) is 9.97 Å². The molecule has 4 nitrogen and oxygen atoms in total. The minimum absolute atomic E-state index is 0.451. The van der Waals surface area contributed by atoms with Crippen molar-refractivity contribution in [3.63, 3.8) is 0 Å². The summed E-state index contributed by atoms with van der Waals surface area (Å²) in [5.74, 6) is 0.979. The molecular formula is C14H15N3O. The van der Waals surface area contributed by atoms with Crippen LogP contribution in [-0.2, 0) is 0 Å². The Hall–Kier alpha value is -2.36. The van der Waals surface area contributed by atoms with Gasteiger partial charge in [0.15, 0.2) is 0 Å². The molecule has 0 saturated carbocycles. The van der Waals surface area contributed by atoms with Crippen LogP contribution in [0.3, 0.4) is 0 Å². The molecule has 0 amide bonds. The van der Waals surface area contributed by atoms with Gasteiger partial charge in [0.1, 0.15) is 18.8 Å². The molecule has 18 heavy (non-hydrogen) atoms. The Balaban J connectivity index is 1.93. The van der Waals surface area contributed by atoms with E-state index in [1.54, 1.807) is 0 Å². The van der Waals surface area contributed by atoms with Crippen LogP contribution in [0.15, 0.2) is 42.7 Å². The molecule has 0 bridgehead atoms. The number of hydrogen-bond donors (Lipinski definition) is 1. The topological polar surface area (TPSA) is 61.0 Å². The lowest BCUT2D eigenvalue weighted by Gasteiger charge is -2.06. The van der Waals surface area contributed by atoms with Gasteiger partial charge in [-0.05, 0) is 18.6 Å². The van der Waals surface area contributed by atoms with Crippen molar-refractivity contribution in [3.8, 4) is 5.88 Å². The Morgan fingerprint density at radius 3 is 2.78 bits per heavy atom. The lowest BCUT2D eigenvalue weighted by molar-refractivity contribution is 0.346. The number of hydrogen-bond acceptors (Lipinski definition) is 4. The van der Waals surface area contributed by atoms with Gasteiger partial charge in [-0.3, -0.25) is 0 Å². The van der Waals surface area contributed by atoms with E-state index in [-0.39, 0.29) is 0 Å². The number of nitrogen functional groups attached to an aromatic ring is 1. The second kappa shape index (κ2) is 5.82. The summed E-state index contributed by atoms with van der Waals surface area (Å²) in [4.78, 5) is 7.92. The number of benzene rings is 1. The van der Waals surface area contributed by atoms with Crippen LogP contribution in [0.1, 0.15) is 11.1 Å². The summed E-state index contributed by atoms with van der Waals surface area (Å²) in [5.41, 5.74) is 7.57. The summed E-state index contributed by atoms with van der Waals surface area (Å²) in [6.07, 6.45) is 5.34. The Bertz CT molecular complexity index is 538. The monoisotopic (exact) mass is 241 g/mol. The summed E-state index contributed by atoms with van der Waals surface area (Å²) in [6.45, 7) is 2.29. The third-order valence-electron chi connectivity index (χ3n) is 2.50. The molecule has 0 aliphatic heterocycles. The maximum absolute atomic E-state index is 5.67. The van der Waals surface area contributed by atoms with Crippen molar-refractivity contribution in [1.29, 1.82) is 0 Å². The highest BCUT2D eigenvalue weighted by molar-refractivity contribution is 5.49. The van der Waals surface area contributed by atoms with Gasteiger partial charge in [0.05, 0.1) is 5.56 Å². The van der Waals surface area contributed by atoms with Crippen LogP contribution in [0.2, 0.25) is 0 Å². The molecule has 2 rings (SSSR count). The van der Waals surface area contributed by atoms with Gasteiger partial charge in [0, 0.05) is 0 Å². The summed E-state index contributed by atoms with van der Waals surface area (Å²) in [6, 6.07) is 10.0. The van der Waals surface area contributed by atoms with Gasteiger partial charge < -0.3 is 10.5 Å². The number of anilines is 1. The zero-order valence-electron chi connectivity index (χ0n) is 10.2. The fraction of sp³-hybridized carbons (Fsp3) is 0.143. The van der Waals surface area contributed by atoms with E-state index in [0.717, 1.165) is 11.1 Å². The Labute approximate surface area is 106 Å². The molecule has 0 aliphatic carbocycles. The lowest BCUT2D eigenvalue weighted by atomic mass is 10.2. The molecule has 1 aromatic heterocycles. The molecule has 2 aromatic rings. The second-order valence-corrected chi connectivity index (χ2v) is 3.81. The summed E-state index contributed by atoms with van der Waals surface area (Å²) in [7, 11) is 0. The van der Waals surface area contributed by atoms with Crippen LogP contribution in [-0.4, -0.2) is 16.6 Å².